The van der Waals surface area contributed by atoms with Gasteiger partial charge in [0.15, 0.2) is 0 Å². The molecule has 130 valence electrons. The Hall–Kier alpha value is -0.750. The van der Waals surface area contributed by atoms with E-state index in [1.807, 2.05) is 37.3 Å². The maximum atomic E-state index is 8.65. The molecule has 2 aromatic rings. The summed E-state index contributed by atoms with van der Waals surface area (Å²) in [5.41, 5.74) is 2.06. The van der Waals surface area contributed by atoms with Gasteiger partial charge in [-0.2, -0.15) is 0 Å². The van der Waals surface area contributed by atoms with E-state index in [0.29, 0.717) is 13.1 Å². The van der Waals surface area contributed by atoms with E-state index in [9.17, 15) is 0 Å². The third-order valence-corrected chi connectivity index (χ3v) is 3.67. The summed E-state index contributed by atoms with van der Waals surface area (Å²) in [5, 5.41) is 15.8. The molecule has 1 aromatic heterocycles. The molecule has 0 bridgehead atoms. The molecule has 0 spiro atoms. The molecule has 1 aromatic carbocycles. The molecule has 0 unspecified atom stereocenters. The van der Waals surface area contributed by atoms with E-state index in [1.165, 1.54) is 0 Å². The highest BCUT2D eigenvalue weighted by atomic mass is 35.5. The molecule has 1 heterocycles. The lowest BCUT2D eigenvalue weighted by Gasteiger charge is -2.05. The lowest BCUT2D eigenvalue weighted by atomic mass is 10.1. The summed E-state index contributed by atoms with van der Waals surface area (Å²) < 4.78 is 5.85. The standard InChI is InChI=1S/C16H21ClN2O2.2ClH/c1-12-14(3-2-4-15(12)17)16-6-5-13(21-16)11-19-8-7-18-9-10-20;;/h2-6,18-20H,7-11H2,1H3;2*1H. The zero-order valence-corrected chi connectivity index (χ0v) is 15.4. The molecule has 0 amide bonds. The van der Waals surface area contributed by atoms with Gasteiger partial charge in [0.25, 0.3) is 0 Å². The molecule has 0 atom stereocenters. The van der Waals surface area contributed by atoms with Gasteiger partial charge >= 0.3 is 0 Å². The van der Waals surface area contributed by atoms with Crippen LogP contribution in [-0.4, -0.2) is 31.3 Å². The molecule has 0 fully saturated rings. The Labute approximate surface area is 154 Å². The van der Waals surface area contributed by atoms with E-state index >= 15 is 0 Å². The molecule has 3 N–H and O–H groups in total. The van der Waals surface area contributed by atoms with Crippen LogP contribution in [-0.2, 0) is 6.54 Å². The lowest BCUT2D eigenvalue weighted by molar-refractivity contribution is 0.292. The van der Waals surface area contributed by atoms with Crippen LogP contribution in [0, 0.1) is 6.92 Å². The van der Waals surface area contributed by atoms with Crippen molar-refractivity contribution in [1.29, 1.82) is 0 Å². The first-order valence-corrected chi connectivity index (χ1v) is 7.46. The summed E-state index contributed by atoms with van der Waals surface area (Å²) in [7, 11) is 0. The summed E-state index contributed by atoms with van der Waals surface area (Å²) >= 11 is 6.14. The number of furan rings is 1. The summed E-state index contributed by atoms with van der Waals surface area (Å²) in [5.74, 6) is 1.73. The fourth-order valence-corrected chi connectivity index (χ4v) is 2.26. The fraction of sp³-hybridized carbons (Fsp3) is 0.375. The topological polar surface area (TPSA) is 57.4 Å². The van der Waals surface area contributed by atoms with E-state index in [1.54, 1.807) is 0 Å². The largest absolute Gasteiger partial charge is 0.460 e. The fourth-order valence-electron chi connectivity index (χ4n) is 2.08. The Kier molecular flexibility index (Phi) is 11.4. The number of hydrogen-bond donors (Lipinski definition) is 3. The maximum absolute atomic E-state index is 8.65. The van der Waals surface area contributed by atoms with Crippen LogP contribution in [0.3, 0.4) is 0 Å². The van der Waals surface area contributed by atoms with Gasteiger partial charge in [-0.05, 0) is 30.7 Å². The van der Waals surface area contributed by atoms with Crippen molar-refractivity contribution in [2.24, 2.45) is 0 Å². The molecule has 23 heavy (non-hydrogen) atoms. The van der Waals surface area contributed by atoms with Gasteiger partial charge in [0.2, 0.25) is 0 Å². The van der Waals surface area contributed by atoms with Crippen molar-refractivity contribution in [1.82, 2.24) is 10.6 Å². The van der Waals surface area contributed by atoms with Gasteiger partial charge in [0.05, 0.1) is 13.2 Å². The third kappa shape index (κ3) is 6.71. The van der Waals surface area contributed by atoms with E-state index in [2.05, 4.69) is 10.6 Å². The van der Waals surface area contributed by atoms with Gasteiger partial charge in [0.1, 0.15) is 11.5 Å². The number of nitrogens with one attached hydrogen (secondary N) is 2. The maximum Gasteiger partial charge on any atom is 0.134 e. The highest BCUT2D eigenvalue weighted by molar-refractivity contribution is 6.31. The SMILES string of the molecule is Cc1c(Cl)cccc1-c1ccc(CNCCNCCO)o1.Cl.Cl. The smallest absolute Gasteiger partial charge is 0.134 e. The van der Waals surface area contributed by atoms with Crippen LogP contribution in [0.2, 0.25) is 5.02 Å². The van der Waals surface area contributed by atoms with Crippen molar-refractivity contribution in [2.45, 2.75) is 13.5 Å². The minimum atomic E-state index is 0. The van der Waals surface area contributed by atoms with Gasteiger partial charge in [0, 0.05) is 30.2 Å². The Balaban J connectivity index is 0.00000242. The average molecular weight is 382 g/mol. The van der Waals surface area contributed by atoms with Crippen molar-refractivity contribution in [3.63, 3.8) is 0 Å². The number of benzene rings is 1. The first-order chi connectivity index (χ1) is 10.2. The molecule has 0 aliphatic rings. The summed E-state index contributed by atoms with van der Waals surface area (Å²) in [6.07, 6.45) is 0. The summed E-state index contributed by atoms with van der Waals surface area (Å²) in [6.45, 7) is 5.11. The first kappa shape index (κ1) is 22.2. The third-order valence-electron chi connectivity index (χ3n) is 3.26. The quantitative estimate of drug-likeness (QED) is 0.613. The number of halogens is 3. The van der Waals surface area contributed by atoms with Gasteiger partial charge < -0.3 is 20.2 Å². The Morgan fingerprint density at radius 1 is 1.04 bits per heavy atom. The van der Waals surface area contributed by atoms with Gasteiger partial charge in [-0.25, -0.2) is 0 Å². The van der Waals surface area contributed by atoms with Gasteiger partial charge in [-0.1, -0.05) is 23.7 Å². The van der Waals surface area contributed by atoms with E-state index in [-0.39, 0.29) is 31.4 Å². The van der Waals surface area contributed by atoms with Crippen LogP contribution in [0.5, 0.6) is 0 Å². The van der Waals surface area contributed by atoms with Crippen LogP contribution in [0.15, 0.2) is 34.7 Å². The predicted molar refractivity (Wildman–Crippen MR) is 100 cm³/mol. The van der Waals surface area contributed by atoms with Crippen molar-refractivity contribution in [3.8, 4) is 11.3 Å². The monoisotopic (exact) mass is 380 g/mol. The lowest BCUT2D eigenvalue weighted by Crippen LogP contribution is -2.28. The number of hydrogen-bond acceptors (Lipinski definition) is 4. The van der Waals surface area contributed by atoms with Crippen molar-refractivity contribution in [3.05, 3.63) is 46.7 Å². The predicted octanol–water partition coefficient (Wildman–Crippen LogP) is 3.42. The van der Waals surface area contributed by atoms with Crippen molar-refractivity contribution in [2.75, 3.05) is 26.2 Å². The number of rotatable bonds is 8. The molecule has 4 nitrogen and oxygen atoms in total. The molecule has 7 heteroatoms. The second-order valence-electron chi connectivity index (χ2n) is 4.83. The van der Waals surface area contributed by atoms with Crippen LogP contribution >= 0.6 is 36.4 Å². The molecule has 0 aliphatic carbocycles. The highest BCUT2D eigenvalue weighted by Crippen LogP contribution is 2.29. The van der Waals surface area contributed by atoms with Crippen LogP contribution in [0.4, 0.5) is 0 Å². The summed E-state index contributed by atoms with van der Waals surface area (Å²) in [4.78, 5) is 0. The van der Waals surface area contributed by atoms with E-state index < -0.39 is 0 Å². The zero-order valence-electron chi connectivity index (χ0n) is 13.0. The Morgan fingerprint density at radius 2 is 1.78 bits per heavy atom. The number of aliphatic hydroxyl groups excluding tert-OH is 1. The minimum Gasteiger partial charge on any atom is -0.460 e. The number of aliphatic hydroxyl groups is 1. The molecule has 2 rings (SSSR count). The molecule has 0 saturated heterocycles. The van der Waals surface area contributed by atoms with E-state index in [0.717, 1.165) is 40.8 Å². The minimum absolute atomic E-state index is 0. The van der Waals surface area contributed by atoms with Crippen LogP contribution in [0.1, 0.15) is 11.3 Å². The molecular weight excluding hydrogens is 359 g/mol. The molecule has 0 saturated carbocycles. The molecule has 0 radical (unpaired) electrons. The highest BCUT2D eigenvalue weighted by Gasteiger charge is 2.09. The summed E-state index contributed by atoms with van der Waals surface area (Å²) in [6, 6.07) is 9.77. The van der Waals surface area contributed by atoms with Crippen molar-refractivity contribution >= 4 is 36.4 Å². The second-order valence-corrected chi connectivity index (χ2v) is 5.24. The zero-order chi connectivity index (χ0) is 15.1. The Morgan fingerprint density at radius 3 is 2.52 bits per heavy atom. The molecular formula is C16H23Cl3N2O2. The van der Waals surface area contributed by atoms with Crippen LogP contribution < -0.4 is 10.6 Å². The van der Waals surface area contributed by atoms with Crippen molar-refractivity contribution < 1.29 is 9.52 Å². The molecule has 0 aliphatic heterocycles. The Bertz CT molecular complexity index is 576. The van der Waals surface area contributed by atoms with Gasteiger partial charge in [-0.3, -0.25) is 0 Å². The first-order valence-electron chi connectivity index (χ1n) is 7.09. The average Bonchev–Trinajstić information content (AvgIpc) is 2.94. The normalized spacial score (nSPS) is 10.0. The van der Waals surface area contributed by atoms with Gasteiger partial charge in [-0.15, -0.1) is 24.8 Å². The van der Waals surface area contributed by atoms with Crippen LogP contribution in [0.25, 0.3) is 11.3 Å². The second kappa shape index (κ2) is 11.7. The van der Waals surface area contributed by atoms with E-state index in [4.69, 9.17) is 21.1 Å².